The summed E-state index contributed by atoms with van der Waals surface area (Å²) in [5.41, 5.74) is 0.351. The lowest BCUT2D eigenvalue weighted by Gasteiger charge is -2.06. The third-order valence-corrected chi connectivity index (χ3v) is 1.67. The molecule has 0 bridgehead atoms. The molecule has 0 spiro atoms. The van der Waals surface area contributed by atoms with Gasteiger partial charge in [0.1, 0.15) is 5.38 Å². The van der Waals surface area contributed by atoms with E-state index in [1.165, 1.54) is 18.5 Å². The van der Waals surface area contributed by atoms with Gasteiger partial charge in [-0.15, -0.1) is 11.6 Å². The van der Waals surface area contributed by atoms with Gasteiger partial charge in [-0.25, -0.2) is 8.78 Å². The lowest BCUT2D eigenvalue weighted by atomic mass is 10.2. The summed E-state index contributed by atoms with van der Waals surface area (Å²) < 4.78 is 23.9. The van der Waals surface area contributed by atoms with Crippen molar-refractivity contribution in [3.8, 4) is 0 Å². The maximum absolute atomic E-state index is 12.0. The first-order valence-corrected chi connectivity index (χ1v) is 3.47. The largest absolute Gasteiger partial charge is 0.264 e. The second-order valence-electron chi connectivity index (χ2n) is 2.02. The van der Waals surface area contributed by atoms with Crippen LogP contribution in [0.15, 0.2) is 24.5 Å². The van der Waals surface area contributed by atoms with Gasteiger partial charge in [0, 0.05) is 12.4 Å². The standard InChI is InChI=1S/C7H6ClF2N/c8-6(7(9)10)5-2-1-3-11-4-5/h1-4,6-7H. The lowest BCUT2D eigenvalue weighted by Crippen LogP contribution is -2.01. The van der Waals surface area contributed by atoms with Crippen molar-refractivity contribution in [1.82, 2.24) is 4.98 Å². The summed E-state index contributed by atoms with van der Waals surface area (Å²) in [5.74, 6) is 0. The van der Waals surface area contributed by atoms with Crippen molar-refractivity contribution in [3.05, 3.63) is 30.1 Å². The molecule has 0 aliphatic heterocycles. The Hall–Kier alpha value is -0.700. The van der Waals surface area contributed by atoms with Crippen molar-refractivity contribution >= 4 is 11.6 Å². The molecule has 60 valence electrons. The number of rotatable bonds is 2. The van der Waals surface area contributed by atoms with Crippen molar-refractivity contribution < 1.29 is 8.78 Å². The minimum atomic E-state index is -2.54. The van der Waals surface area contributed by atoms with Crippen LogP contribution in [-0.2, 0) is 0 Å². The summed E-state index contributed by atoms with van der Waals surface area (Å²) in [6.45, 7) is 0. The molecule has 11 heavy (non-hydrogen) atoms. The molecule has 0 aromatic carbocycles. The Balaban J connectivity index is 2.77. The van der Waals surface area contributed by atoms with Crippen LogP contribution in [0.25, 0.3) is 0 Å². The third-order valence-electron chi connectivity index (χ3n) is 1.22. The minimum Gasteiger partial charge on any atom is -0.264 e. The maximum atomic E-state index is 12.0. The summed E-state index contributed by atoms with van der Waals surface area (Å²) in [6.07, 6.45) is 0.309. The van der Waals surface area contributed by atoms with Crippen molar-refractivity contribution in [2.24, 2.45) is 0 Å². The molecule has 0 fully saturated rings. The summed E-state index contributed by atoms with van der Waals surface area (Å²) in [6, 6.07) is 3.10. The zero-order valence-electron chi connectivity index (χ0n) is 5.55. The first-order chi connectivity index (χ1) is 5.22. The van der Waals surface area contributed by atoms with Gasteiger partial charge in [0.15, 0.2) is 0 Å². The van der Waals surface area contributed by atoms with Crippen LogP contribution in [0.5, 0.6) is 0 Å². The Kier molecular flexibility index (Phi) is 2.76. The second kappa shape index (κ2) is 3.62. The predicted octanol–water partition coefficient (Wildman–Crippen LogP) is 2.63. The number of aromatic nitrogens is 1. The molecule has 1 rings (SSSR count). The summed E-state index contributed by atoms with van der Waals surface area (Å²) in [5, 5.41) is -1.25. The van der Waals surface area contributed by atoms with Crippen LogP contribution < -0.4 is 0 Å². The highest BCUT2D eigenvalue weighted by Gasteiger charge is 2.18. The van der Waals surface area contributed by atoms with E-state index < -0.39 is 11.8 Å². The predicted molar refractivity (Wildman–Crippen MR) is 38.8 cm³/mol. The van der Waals surface area contributed by atoms with E-state index in [9.17, 15) is 8.78 Å². The molecule has 0 saturated heterocycles. The van der Waals surface area contributed by atoms with E-state index >= 15 is 0 Å². The van der Waals surface area contributed by atoms with Crippen LogP contribution in [0.3, 0.4) is 0 Å². The number of nitrogens with zero attached hydrogens (tertiary/aromatic N) is 1. The second-order valence-corrected chi connectivity index (χ2v) is 2.49. The van der Waals surface area contributed by atoms with E-state index in [0.29, 0.717) is 5.56 Å². The Morgan fingerprint density at radius 2 is 2.18 bits per heavy atom. The molecule has 1 heterocycles. The number of hydrogen-bond acceptors (Lipinski definition) is 1. The van der Waals surface area contributed by atoms with Gasteiger partial charge in [0.25, 0.3) is 6.43 Å². The molecular weight excluding hydrogens is 172 g/mol. The molecule has 1 aromatic heterocycles. The van der Waals surface area contributed by atoms with Crippen LogP contribution in [-0.4, -0.2) is 11.4 Å². The molecule has 0 saturated carbocycles. The van der Waals surface area contributed by atoms with Crippen molar-refractivity contribution in [2.75, 3.05) is 0 Å². The van der Waals surface area contributed by atoms with E-state index in [1.807, 2.05) is 0 Å². The van der Waals surface area contributed by atoms with E-state index in [0.717, 1.165) is 0 Å². The average Bonchev–Trinajstić information content (AvgIpc) is 2.05. The van der Waals surface area contributed by atoms with E-state index in [2.05, 4.69) is 4.98 Å². The fourth-order valence-corrected chi connectivity index (χ4v) is 0.814. The zero-order valence-corrected chi connectivity index (χ0v) is 6.30. The lowest BCUT2D eigenvalue weighted by molar-refractivity contribution is 0.143. The Bertz CT molecular complexity index is 215. The summed E-state index contributed by atoms with van der Waals surface area (Å²) in [4.78, 5) is 3.67. The van der Waals surface area contributed by atoms with Crippen LogP contribution in [0.2, 0.25) is 0 Å². The number of pyridine rings is 1. The number of hydrogen-bond donors (Lipinski definition) is 0. The Labute approximate surface area is 68.0 Å². The molecule has 1 nitrogen and oxygen atoms in total. The molecule has 0 amide bonds. The smallest absolute Gasteiger partial charge is 0.258 e. The fourth-order valence-electron chi connectivity index (χ4n) is 0.685. The average molecular weight is 178 g/mol. The monoisotopic (exact) mass is 177 g/mol. The Morgan fingerprint density at radius 3 is 2.64 bits per heavy atom. The van der Waals surface area contributed by atoms with Crippen molar-refractivity contribution in [1.29, 1.82) is 0 Å². The molecule has 0 aliphatic carbocycles. The van der Waals surface area contributed by atoms with Crippen LogP contribution in [0.1, 0.15) is 10.9 Å². The van der Waals surface area contributed by atoms with Crippen molar-refractivity contribution in [2.45, 2.75) is 11.8 Å². The topological polar surface area (TPSA) is 12.9 Å². The molecule has 1 aromatic rings. The number of alkyl halides is 3. The molecule has 4 heteroatoms. The summed E-state index contributed by atoms with van der Waals surface area (Å²) in [7, 11) is 0. The SMILES string of the molecule is FC(F)C(Cl)c1cccnc1. The van der Waals surface area contributed by atoms with Gasteiger partial charge in [-0.3, -0.25) is 4.98 Å². The van der Waals surface area contributed by atoms with Gasteiger partial charge in [0.2, 0.25) is 0 Å². The third kappa shape index (κ3) is 2.12. The van der Waals surface area contributed by atoms with Crippen LogP contribution >= 0.6 is 11.6 Å². The molecule has 0 radical (unpaired) electrons. The van der Waals surface area contributed by atoms with E-state index in [1.54, 1.807) is 6.07 Å². The van der Waals surface area contributed by atoms with Crippen LogP contribution in [0.4, 0.5) is 8.78 Å². The highest BCUT2D eigenvalue weighted by molar-refractivity contribution is 6.21. The van der Waals surface area contributed by atoms with Gasteiger partial charge < -0.3 is 0 Å². The van der Waals surface area contributed by atoms with Gasteiger partial charge in [0.05, 0.1) is 0 Å². The number of halogens is 3. The quantitative estimate of drug-likeness (QED) is 0.633. The molecular formula is C7H6ClF2N. The molecule has 1 unspecified atom stereocenters. The highest BCUT2D eigenvalue weighted by Crippen LogP contribution is 2.25. The first kappa shape index (κ1) is 8.40. The molecule has 1 atom stereocenters. The molecule has 0 N–H and O–H groups in total. The van der Waals surface area contributed by atoms with E-state index in [4.69, 9.17) is 11.6 Å². The zero-order chi connectivity index (χ0) is 8.27. The van der Waals surface area contributed by atoms with Gasteiger partial charge >= 0.3 is 0 Å². The fraction of sp³-hybridized carbons (Fsp3) is 0.286. The maximum Gasteiger partial charge on any atom is 0.258 e. The van der Waals surface area contributed by atoms with Gasteiger partial charge in [-0.2, -0.15) is 0 Å². The van der Waals surface area contributed by atoms with Crippen LogP contribution in [0, 0.1) is 0 Å². The first-order valence-electron chi connectivity index (χ1n) is 3.04. The Morgan fingerprint density at radius 1 is 1.45 bits per heavy atom. The van der Waals surface area contributed by atoms with Crippen molar-refractivity contribution in [3.63, 3.8) is 0 Å². The minimum absolute atomic E-state index is 0.351. The highest BCUT2D eigenvalue weighted by atomic mass is 35.5. The molecule has 0 aliphatic rings. The van der Waals surface area contributed by atoms with Gasteiger partial charge in [-0.1, -0.05) is 6.07 Å². The summed E-state index contributed by atoms with van der Waals surface area (Å²) >= 11 is 5.35. The van der Waals surface area contributed by atoms with E-state index in [-0.39, 0.29) is 0 Å². The van der Waals surface area contributed by atoms with Gasteiger partial charge in [-0.05, 0) is 11.6 Å². The normalized spacial score (nSPS) is 13.5.